The standard InChI is InChI=1S/C25H25N3O4/c1-25-12-19-18-11-17(32-13-14-6-7-14)8-9-20(18)26-21(19)22(15-4-3-5-16(29)10-15)28(25)24(31)27(2)23(25)30/h3-5,8-11,14,22,26,29H,6-7,12-13H2,1-2H3. The lowest BCUT2D eigenvalue weighted by Crippen LogP contribution is -2.53. The van der Waals surface area contributed by atoms with E-state index in [1.165, 1.54) is 24.8 Å². The number of hydrogen-bond donors (Lipinski definition) is 2. The molecule has 3 amide bonds. The van der Waals surface area contributed by atoms with Crippen LogP contribution in [-0.2, 0) is 11.2 Å². The number of imide groups is 1. The maximum atomic E-state index is 13.2. The third-order valence-electron chi connectivity index (χ3n) is 7.12. The molecule has 0 bridgehead atoms. The van der Waals surface area contributed by atoms with Crippen LogP contribution in [0.1, 0.15) is 42.6 Å². The van der Waals surface area contributed by atoms with Crippen molar-refractivity contribution in [3.63, 3.8) is 0 Å². The molecule has 1 saturated heterocycles. The molecule has 2 fully saturated rings. The number of aromatic hydroxyl groups is 1. The minimum atomic E-state index is -1.01. The van der Waals surface area contributed by atoms with Gasteiger partial charge in [0.2, 0.25) is 0 Å². The molecule has 6 rings (SSSR count). The Morgan fingerprint density at radius 1 is 1.19 bits per heavy atom. The molecule has 2 aromatic carbocycles. The van der Waals surface area contributed by atoms with E-state index in [0.29, 0.717) is 12.3 Å². The summed E-state index contributed by atoms with van der Waals surface area (Å²) >= 11 is 0. The molecular formula is C25H25N3O4. The highest BCUT2D eigenvalue weighted by Crippen LogP contribution is 2.49. The van der Waals surface area contributed by atoms with E-state index in [1.807, 2.05) is 31.2 Å². The molecule has 1 aromatic heterocycles. The number of ether oxygens (including phenoxy) is 1. The van der Waals surface area contributed by atoms with Gasteiger partial charge in [0, 0.05) is 30.1 Å². The molecule has 2 aliphatic heterocycles. The summed E-state index contributed by atoms with van der Waals surface area (Å²) in [7, 11) is 1.53. The Hall–Kier alpha value is -3.48. The quantitative estimate of drug-likeness (QED) is 0.613. The number of aromatic nitrogens is 1. The van der Waals surface area contributed by atoms with Crippen LogP contribution in [0.4, 0.5) is 4.79 Å². The number of urea groups is 1. The van der Waals surface area contributed by atoms with Gasteiger partial charge in [-0.05, 0) is 67.1 Å². The number of H-pyrrole nitrogens is 1. The van der Waals surface area contributed by atoms with Gasteiger partial charge in [0.05, 0.1) is 6.61 Å². The van der Waals surface area contributed by atoms with Crippen molar-refractivity contribution >= 4 is 22.8 Å². The summed E-state index contributed by atoms with van der Waals surface area (Å²) < 4.78 is 6.01. The molecule has 7 heteroatoms. The van der Waals surface area contributed by atoms with E-state index < -0.39 is 11.6 Å². The molecule has 1 saturated carbocycles. The summed E-state index contributed by atoms with van der Waals surface area (Å²) in [6, 6.07) is 12.1. The molecule has 2 unspecified atom stereocenters. The van der Waals surface area contributed by atoms with Gasteiger partial charge in [0.1, 0.15) is 23.1 Å². The van der Waals surface area contributed by atoms with Crippen molar-refractivity contribution in [3.05, 3.63) is 59.3 Å². The number of nitrogens with one attached hydrogen (secondary N) is 1. The largest absolute Gasteiger partial charge is 0.508 e. The Morgan fingerprint density at radius 3 is 2.75 bits per heavy atom. The highest BCUT2D eigenvalue weighted by Gasteiger charge is 2.59. The second kappa shape index (κ2) is 6.51. The number of carbonyl (C=O) groups is 2. The Morgan fingerprint density at radius 2 is 2.00 bits per heavy atom. The molecule has 0 radical (unpaired) electrons. The highest BCUT2D eigenvalue weighted by molar-refractivity contribution is 6.08. The lowest BCUT2D eigenvalue weighted by molar-refractivity contribution is -0.132. The van der Waals surface area contributed by atoms with Gasteiger partial charge in [-0.3, -0.25) is 14.6 Å². The van der Waals surface area contributed by atoms with E-state index in [9.17, 15) is 14.7 Å². The second-order valence-corrected chi connectivity index (χ2v) is 9.44. The molecule has 3 aromatic rings. The molecule has 1 aliphatic carbocycles. The predicted octanol–water partition coefficient (Wildman–Crippen LogP) is 3.96. The van der Waals surface area contributed by atoms with Crippen molar-refractivity contribution < 1.29 is 19.4 Å². The van der Waals surface area contributed by atoms with Gasteiger partial charge in [0.25, 0.3) is 5.91 Å². The number of carbonyl (C=O) groups excluding carboxylic acids is 2. The number of phenolic OH excluding ortho intramolecular Hbond substituents is 1. The summed E-state index contributed by atoms with van der Waals surface area (Å²) in [5.41, 5.74) is 2.58. The first-order valence-electron chi connectivity index (χ1n) is 11.0. The zero-order valence-electron chi connectivity index (χ0n) is 18.1. The SMILES string of the molecule is CN1C(=O)N2C(c3cccc(O)c3)c3[nH]c4ccc(OCC5CC5)cc4c3CC2(C)C1=O. The maximum absolute atomic E-state index is 13.2. The second-order valence-electron chi connectivity index (χ2n) is 9.44. The molecule has 3 heterocycles. The van der Waals surface area contributed by atoms with Crippen LogP contribution >= 0.6 is 0 Å². The minimum absolute atomic E-state index is 0.120. The predicted molar refractivity (Wildman–Crippen MR) is 119 cm³/mol. The number of nitrogens with zero attached hydrogens (tertiary/aromatic N) is 2. The zero-order chi connectivity index (χ0) is 22.2. The Labute approximate surface area is 185 Å². The molecule has 3 aliphatic rings. The number of hydrogen-bond acceptors (Lipinski definition) is 4. The Bertz CT molecular complexity index is 1280. The average Bonchev–Trinajstić information content (AvgIpc) is 3.52. The number of phenols is 1. The van der Waals surface area contributed by atoms with Crippen LogP contribution in [0.25, 0.3) is 10.9 Å². The molecule has 2 N–H and O–H groups in total. The van der Waals surface area contributed by atoms with E-state index in [0.717, 1.165) is 40.1 Å². The number of rotatable bonds is 4. The lowest BCUT2D eigenvalue weighted by Gasteiger charge is -2.42. The van der Waals surface area contributed by atoms with E-state index in [2.05, 4.69) is 4.98 Å². The summed E-state index contributed by atoms with van der Waals surface area (Å²) in [6.45, 7) is 2.56. The lowest BCUT2D eigenvalue weighted by atomic mass is 9.81. The third kappa shape index (κ3) is 2.66. The Kier molecular flexibility index (Phi) is 3.91. The van der Waals surface area contributed by atoms with Crippen LogP contribution in [0, 0.1) is 5.92 Å². The molecule has 2 atom stereocenters. The van der Waals surface area contributed by atoms with Crippen LogP contribution < -0.4 is 4.74 Å². The molecule has 7 nitrogen and oxygen atoms in total. The zero-order valence-corrected chi connectivity index (χ0v) is 18.1. The monoisotopic (exact) mass is 431 g/mol. The number of benzene rings is 2. The van der Waals surface area contributed by atoms with Crippen molar-refractivity contribution in [1.82, 2.24) is 14.8 Å². The fraction of sp³-hybridized carbons (Fsp3) is 0.360. The van der Waals surface area contributed by atoms with E-state index in [4.69, 9.17) is 4.74 Å². The van der Waals surface area contributed by atoms with Crippen molar-refractivity contribution in [2.24, 2.45) is 5.92 Å². The van der Waals surface area contributed by atoms with Gasteiger partial charge in [-0.15, -0.1) is 0 Å². The van der Waals surface area contributed by atoms with Gasteiger partial charge in [-0.25, -0.2) is 4.79 Å². The van der Waals surface area contributed by atoms with Gasteiger partial charge in [-0.1, -0.05) is 12.1 Å². The summed E-state index contributed by atoms with van der Waals surface area (Å²) in [5.74, 6) is 1.38. The average molecular weight is 431 g/mol. The minimum Gasteiger partial charge on any atom is -0.508 e. The van der Waals surface area contributed by atoms with Gasteiger partial charge >= 0.3 is 6.03 Å². The molecule has 32 heavy (non-hydrogen) atoms. The molecule has 164 valence electrons. The Balaban J connectivity index is 1.54. The number of amides is 3. The fourth-order valence-electron chi connectivity index (χ4n) is 5.22. The number of aromatic amines is 1. The van der Waals surface area contributed by atoms with E-state index in [-0.39, 0.29) is 17.7 Å². The summed E-state index contributed by atoms with van der Waals surface area (Å²) in [4.78, 5) is 32.8. The first-order chi connectivity index (χ1) is 15.4. The fourth-order valence-corrected chi connectivity index (χ4v) is 5.22. The topological polar surface area (TPSA) is 85.9 Å². The van der Waals surface area contributed by atoms with E-state index >= 15 is 0 Å². The van der Waals surface area contributed by atoms with Crippen LogP contribution in [0.3, 0.4) is 0 Å². The van der Waals surface area contributed by atoms with Gasteiger partial charge < -0.3 is 14.8 Å². The first kappa shape index (κ1) is 19.2. The van der Waals surface area contributed by atoms with Gasteiger partial charge in [-0.2, -0.15) is 0 Å². The van der Waals surface area contributed by atoms with Crippen molar-refractivity contribution in [3.8, 4) is 11.5 Å². The normalized spacial score (nSPS) is 24.8. The van der Waals surface area contributed by atoms with Gasteiger partial charge in [0.15, 0.2) is 0 Å². The van der Waals surface area contributed by atoms with Crippen LogP contribution in [-0.4, -0.2) is 51.0 Å². The van der Waals surface area contributed by atoms with E-state index in [1.54, 1.807) is 23.1 Å². The number of likely N-dealkylation sites (N-methyl/N-ethyl adjacent to an activating group) is 1. The maximum Gasteiger partial charge on any atom is 0.328 e. The third-order valence-corrected chi connectivity index (χ3v) is 7.12. The summed E-state index contributed by atoms with van der Waals surface area (Å²) in [5, 5.41) is 11.2. The first-order valence-corrected chi connectivity index (χ1v) is 11.0. The van der Waals surface area contributed by atoms with Crippen LogP contribution in [0.5, 0.6) is 11.5 Å². The van der Waals surface area contributed by atoms with Crippen LogP contribution in [0.15, 0.2) is 42.5 Å². The number of fused-ring (bicyclic) bond motifs is 4. The smallest absolute Gasteiger partial charge is 0.328 e. The molecule has 0 spiro atoms. The van der Waals surface area contributed by atoms with Crippen molar-refractivity contribution in [1.29, 1.82) is 0 Å². The molecular weight excluding hydrogens is 406 g/mol. The van der Waals surface area contributed by atoms with Crippen LogP contribution in [0.2, 0.25) is 0 Å². The van der Waals surface area contributed by atoms with Crippen molar-refractivity contribution in [2.45, 2.75) is 37.8 Å². The highest BCUT2D eigenvalue weighted by atomic mass is 16.5. The van der Waals surface area contributed by atoms with Crippen molar-refractivity contribution in [2.75, 3.05) is 13.7 Å². The summed E-state index contributed by atoms with van der Waals surface area (Å²) in [6.07, 6.45) is 2.87.